The van der Waals surface area contributed by atoms with E-state index in [9.17, 15) is 4.39 Å². The number of benzene rings is 1. The van der Waals surface area contributed by atoms with E-state index in [1.165, 1.54) is 24.6 Å². The van der Waals surface area contributed by atoms with Crippen molar-refractivity contribution in [1.29, 1.82) is 0 Å². The van der Waals surface area contributed by atoms with Gasteiger partial charge in [-0.15, -0.1) is 5.10 Å². The van der Waals surface area contributed by atoms with Crippen LogP contribution in [-0.4, -0.2) is 20.2 Å². The molecule has 1 aliphatic carbocycles. The van der Waals surface area contributed by atoms with Crippen LogP contribution in [0, 0.1) is 5.82 Å². The first-order valence-electron chi connectivity index (χ1n) is 6.83. The van der Waals surface area contributed by atoms with Crippen molar-refractivity contribution in [3.8, 4) is 0 Å². The molecule has 0 atom stereocenters. The second-order valence-corrected chi connectivity index (χ2v) is 6.80. The second kappa shape index (κ2) is 6.41. The van der Waals surface area contributed by atoms with Gasteiger partial charge in [0.25, 0.3) is 0 Å². The van der Waals surface area contributed by atoms with Crippen LogP contribution in [0.25, 0.3) is 0 Å². The van der Waals surface area contributed by atoms with Crippen molar-refractivity contribution in [1.82, 2.24) is 20.2 Å². The Morgan fingerprint density at radius 1 is 1.38 bits per heavy atom. The predicted molar refractivity (Wildman–Crippen MR) is 81.4 cm³/mol. The number of tetrazole rings is 1. The third-order valence-corrected chi connectivity index (χ3v) is 5.53. The quantitative estimate of drug-likeness (QED) is 0.892. The van der Waals surface area contributed by atoms with E-state index in [-0.39, 0.29) is 5.82 Å². The van der Waals surface area contributed by atoms with Crippen LogP contribution in [0.3, 0.4) is 0 Å². The minimum absolute atomic E-state index is 0.294. The molecule has 5 nitrogen and oxygen atoms in total. The van der Waals surface area contributed by atoms with Gasteiger partial charge in [0.2, 0.25) is 5.16 Å². The first-order valence-corrected chi connectivity index (χ1v) is 8.44. The van der Waals surface area contributed by atoms with Gasteiger partial charge in [0, 0.05) is 6.54 Å². The summed E-state index contributed by atoms with van der Waals surface area (Å²) < 4.78 is 16.6. The summed E-state index contributed by atoms with van der Waals surface area (Å²) in [6, 6.07) is 3.87. The van der Waals surface area contributed by atoms with Crippen LogP contribution < -0.4 is 5.73 Å². The molecule has 1 aromatic heterocycles. The molecule has 0 bridgehead atoms. The van der Waals surface area contributed by atoms with Gasteiger partial charge in [-0.1, -0.05) is 18.9 Å². The molecule has 1 saturated carbocycles. The first-order chi connectivity index (χ1) is 10.2. The molecular weight excluding hydrogens is 357 g/mol. The van der Waals surface area contributed by atoms with Gasteiger partial charge in [-0.25, -0.2) is 9.07 Å². The fourth-order valence-corrected chi connectivity index (χ4v) is 4.06. The highest BCUT2D eigenvalue weighted by Crippen LogP contribution is 2.36. The Morgan fingerprint density at radius 3 is 2.86 bits per heavy atom. The molecule has 112 valence electrons. The number of rotatable bonds is 4. The minimum Gasteiger partial charge on any atom is -0.326 e. The fourth-order valence-electron chi connectivity index (χ4n) is 2.54. The molecule has 0 aliphatic heterocycles. The standard InChI is InChI=1S/C13H15BrFN5S/c14-11-8(7-16)5-6-10(12(11)15)21-13-17-18-19-20(13)9-3-1-2-4-9/h5-6,9H,1-4,7,16H2. The number of nitrogens with zero attached hydrogens (tertiary/aromatic N) is 4. The van der Waals surface area contributed by atoms with E-state index in [4.69, 9.17) is 5.73 Å². The van der Waals surface area contributed by atoms with Crippen LogP contribution in [-0.2, 0) is 6.54 Å². The molecule has 0 saturated heterocycles. The van der Waals surface area contributed by atoms with Gasteiger partial charge in [-0.2, -0.15) is 0 Å². The van der Waals surface area contributed by atoms with Crippen molar-refractivity contribution < 1.29 is 4.39 Å². The molecule has 21 heavy (non-hydrogen) atoms. The lowest BCUT2D eigenvalue weighted by Gasteiger charge is -2.12. The lowest BCUT2D eigenvalue weighted by atomic mass is 10.2. The van der Waals surface area contributed by atoms with E-state index in [0.29, 0.717) is 27.1 Å². The average Bonchev–Trinajstić information content (AvgIpc) is 3.15. The zero-order valence-corrected chi connectivity index (χ0v) is 13.7. The van der Waals surface area contributed by atoms with Crippen molar-refractivity contribution in [2.45, 2.75) is 48.3 Å². The Kier molecular flexibility index (Phi) is 4.56. The summed E-state index contributed by atoms with van der Waals surface area (Å²) in [6.45, 7) is 0.294. The molecule has 3 rings (SSSR count). The maximum atomic E-state index is 14.3. The summed E-state index contributed by atoms with van der Waals surface area (Å²) >= 11 is 4.50. The fraction of sp³-hybridized carbons (Fsp3) is 0.462. The highest BCUT2D eigenvalue weighted by molar-refractivity contribution is 9.10. The number of halogens is 2. The molecule has 0 unspecified atom stereocenters. The van der Waals surface area contributed by atoms with Crippen LogP contribution in [0.5, 0.6) is 0 Å². The Labute approximate surface area is 134 Å². The van der Waals surface area contributed by atoms with Gasteiger partial charge >= 0.3 is 0 Å². The summed E-state index contributed by atoms with van der Waals surface area (Å²) in [7, 11) is 0. The van der Waals surface area contributed by atoms with E-state index in [0.717, 1.165) is 18.4 Å². The first kappa shape index (κ1) is 14.9. The minimum atomic E-state index is -0.316. The summed E-state index contributed by atoms with van der Waals surface area (Å²) in [4.78, 5) is 0.494. The molecule has 1 fully saturated rings. The SMILES string of the molecule is NCc1ccc(Sc2nnnn2C2CCCC2)c(F)c1Br. The number of hydrogen-bond acceptors (Lipinski definition) is 5. The molecular formula is C13H15BrFN5S. The molecule has 0 amide bonds. The highest BCUT2D eigenvalue weighted by atomic mass is 79.9. The maximum Gasteiger partial charge on any atom is 0.214 e. The van der Waals surface area contributed by atoms with E-state index in [1.807, 2.05) is 10.7 Å². The van der Waals surface area contributed by atoms with E-state index >= 15 is 0 Å². The van der Waals surface area contributed by atoms with Gasteiger partial charge in [-0.05, 0) is 62.6 Å². The van der Waals surface area contributed by atoms with Crippen LogP contribution in [0.15, 0.2) is 26.7 Å². The maximum absolute atomic E-state index is 14.3. The summed E-state index contributed by atoms with van der Waals surface area (Å²) in [6.07, 6.45) is 4.55. The van der Waals surface area contributed by atoms with Gasteiger partial charge in [0.15, 0.2) is 5.82 Å². The van der Waals surface area contributed by atoms with Gasteiger partial charge in [-0.3, -0.25) is 0 Å². The predicted octanol–water partition coefficient (Wildman–Crippen LogP) is 3.30. The zero-order valence-electron chi connectivity index (χ0n) is 11.3. The molecule has 1 aromatic carbocycles. The molecule has 1 heterocycles. The summed E-state index contributed by atoms with van der Waals surface area (Å²) in [5, 5.41) is 12.5. The van der Waals surface area contributed by atoms with Crippen molar-refractivity contribution in [2.75, 3.05) is 0 Å². The van der Waals surface area contributed by atoms with Crippen LogP contribution in [0.4, 0.5) is 4.39 Å². The Balaban J connectivity index is 1.87. The zero-order chi connectivity index (χ0) is 14.8. The summed E-state index contributed by atoms with van der Waals surface area (Å²) in [5.41, 5.74) is 6.32. The van der Waals surface area contributed by atoms with Crippen molar-refractivity contribution >= 4 is 27.7 Å². The van der Waals surface area contributed by atoms with Crippen LogP contribution in [0.2, 0.25) is 0 Å². The molecule has 2 aromatic rings. The van der Waals surface area contributed by atoms with Crippen molar-refractivity contribution in [2.24, 2.45) is 5.73 Å². The molecule has 0 radical (unpaired) electrons. The van der Waals surface area contributed by atoms with Gasteiger partial charge < -0.3 is 5.73 Å². The van der Waals surface area contributed by atoms with Crippen LogP contribution in [0.1, 0.15) is 37.3 Å². The molecule has 0 spiro atoms. The third-order valence-electron chi connectivity index (χ3n) is 3.68. The molecule has 1 aliphatic rings. The molecule has 8 heteroatoms. The largest absolute Gasteiger partial charge is 0.326 e. The van der Waals surface area contributed by atoms with E-state index in [2.05, 4.69) is 31.5 Å². The van der Waals surface area contributed by atoms with E-state index < -0.39 is 0 Å². The smallest absolute Gasteiger partial charge is 0.214 e. The summed E-state index contributed by atoms with van der Waals surface area (Å²) in [5.74, 6) is -0.316. The average molecular weight is 372 g/mol. The van der Waals surface area contributed by atoms with E-state index in [1.54, 1.807) is 6.07 Å². The highest BCUT2D eigenvalue weighted by Gasteiger charge is 2.23. The lowest BCUT2D eigenvalue weighted by Crippen LogP contribution is -2.08. The van der Waals surface area contributed by atoms with Crippen molar-refractivity contribution in [3.63, 3.8) is 0 Å². The molecule has 2 N–H and O–H groups in total. The van der Waals surface area contributed by atoms with Crippen LogP contribution >= 0.6 is 27.7 Å². The monoisotopic (exact) mass is 371 g/mol. The lowest BCUT2D eigenvalue weighted by molar-refractivity contribution is 0.423. The van der Waals surface area contributed by atoms with Gasteiger partial charge in [0.1, 0.15) is 0 Å². The normalized spacial score (nSPS) is 15.8. The second-order valence-electron chi connectivity index (χ2n) is 5.00. The number of nitrogens with two attached hydrogens (primary N) is 1. The Morgan fingerprint density at radius 2 is 2.14 bits per heavy atom. The Bertz CT molecular complexity index is 641. The number of aromatic nitrogens is 4. The topological polar surface area (TPSA) is 69.6 Å². The number of hydrogen-bond donors (Lipinski definition) is 1. The van der Waals surface area contributed by atoms with Crippen molar-refractivity contribution in [3.05, 3.63) is 28.0 Å². The van der Waals surface area contributed by atoms with Gasteiger partial charge in [0.05, 0.1) is 15.4 Å². The Hall–Kier alpha value is -0.990. The third kappa shape index (κ3) is 2.97.